The smallest absolute Gasteiger partial charge is 0.120 e. The highest BCUT2D eigenvalue weighted by atomic mass is 32.2. The summed E-state index contributed by atoms with van der Waals surface area (Å²) in [7, 11) is 0. The first kappa shape index (κ1) is 11.0. The molecule has 1 aromatic heterocycles. The Balaban J connectivity index is 2.16. The highest BCUT2D eigenvalue weighted by molar-refractivity contribution is 8.00. The van der Waals surface area contributed by atoms with Gasteiger partial charge in [0.1, 0.15) is 5.82 Å². The second kappa shape index (κ2) is 4.57. The molecule has 0 bridgehead atoms. The van der Waals surface area contributed by atoms with Crippen LogP contribution in [0.4, 0.5) is 0 Å². The van der Waals surface area contributed by atoms with Crippen LogP contribution in [0.5, 0.6) is 0 Å². The van der Waals surface area contributed by atoms with Crippen LogP contribution in [0.2, 0.25) is 0 Å². The lowest BCUT2D eigenvalue weighted by Gasteiger charge is -2.08. The van der Waals surface area contributed by atoms with Gasteiger partial charge in [0.05, 0.1) is 22.3 Å². The van der Waals surface area contributed by atoms with Crippen molar-refractivity contribution < 1.29 is 9.90 Å². The summed E-state index contributed by atoms with van der Waals surface area (Å²) in [5.74, 6) is -0.265. The van der Waals surface area contributed by atoms with Crippen LogP contribution in [0.15, 0.2) is 24.3 Å². The highest BCUT2D eigenvalue weighted by Crippen LogP contribution is 2.27. The number of benzene rings is 1. The van der Waals surface area contributed by atoms with E-state index in [0.717, 1.165) is 16.9 Å². The molecule has 0 spiro atoms. The number of rotatable bonds is 4. The van der Waals surface area contributed by atoms with E-state index in [1.165, 1.54) is 11.8 Å². The zero-order chi connectivity index (χ0) is 11.5. The van der Waals surface area contributed by atoms with E-state index in [4.69, 9.17) is 0 Å². The zero-order valence-electron chi connectivity index (χ0n) is 8.77. The molecule has 2 rings (SSSR count). The summed E-state index contributed by atoms with van der Waals surface area (Å²) in [6.45, 7) is 1.92. The fourth-order valence-corrected chi connectivity index (χ4v) is 2.09. The minimum absolute atomic E-state index is 0.0157. The lowest BCUT2D eigenvalue weighted by molar-refractivity contribution is -0.301. The van der Waals surface area contributed by atoms with Crippen molar-refractivity contribution in [1.82, 2.24) is 9.97 Å². The summed E-state index contributed by atoms with van der Waals surface area (Å²) < 4.78 is 0. The van der Waals surface area contributed by atoms with Gasteiger partial charge in [-0.15, -0.1) is 11.8 Å². The van der Waals surface area contributed by atoms with Gasteiger partial charge in [0.2, 0.25) is 0 Å². The number of hydrogen-bond acceptors (Lipinski definition) is 4. The Morgan fingerprint density at radius 1 is 1.56 bits per heavy atom. The average molecular weight is 235 g/mol. The van der Waals surface area contributed by atoms with Crippen molar-refractivity contribution >= 4 is 28.8 Å². The first-order valence-electron chi connectivity index (χ1n) is 4.93. The summed E-state index contributed by atoms with van der Waals surface area (Å²) >= 11 is 1.30. The number of carboxylic acid groups (broad SMARTS) is 1. The van der Waals surface area contributed by atoms with E-state index in [-0.39, 0.29) is 11.0 Å². The van der Waals surface area contributed by atoms with Gasteiger partial charge in [-0.1, -0.05) is 12.1 Å². The molecular weight excluding hydrogens is 224 g/mol. The Bertz CT molecular complexity index is 476. The van der Waals surface area contributed by atoms with Crippen molar-refractivity contribution in [2.24, 2.45) is 0 Å². The first-order valence-corrected chi connectivity index (χ1v) is 5.98. The molecule has 0 saturated heterocycles. The normalized spacial score (nSPS) is 12.8. The Morgan fingerprint density at radius 2 is 2.31 bits per heavy atom. The van der Waals surface area contributed by atoms with Crippen LogP contribution in [0.3, 0.4) is 0 Å². The topological polar surface area (TPSA) is 68.8 Å². The molecule has 5 heteroatoms. The van der Waals surface area contributed by atoms with Gasteiger partial charge in [-0.05, 0) is 19.1 Å². The number of aromatic nitrogens is 2. The van der Waals surface area contributed by atoms with Crippen molar-refractivity contribution in [3.63, 3.8) is 0 Å². The van der Waals surface area contributed by atoms with Gasteiger partial charge >= 0.3 is 0 Å². The SMILES string of the molecule is C[C@H](SCC(=O)[O-])c1nc2ccccc2[nH]1. The van der Waals surface area contributed by atoms with Crippen molar-refractivity contribution in [1.29, 1.82) is 0 Å². The van der Waals surface area contributed by atoms with E-state index in [0.29, 0.717) is 0 Å². The van der Waals surface area contributed by atoms with E-state index in [9.17, 15) is 9.90 Å². The number of nitrogens with one attached hydrogen (secondary N) is 1. The summed E-state index contributed by atoms with van der Waals surface area (Å²) in [5.41, 5.74) is 1.87. The second-order valence-electron chi connectivity index (χ2n) is 3.46. The monoisotopic (exact) mass is 235 g/mol. The molecule has 1 heterocycles. The maximum atomic E-state index is 10.3. The van der Waals surface area contributed by atoms with Crippen molar-refractivity contribution in [3.05, 3.63) is 30.1 Å². The van der Waals surface area contributed by atoms with Gasteiger partial charge in [0.15, 0.2) is 0 Å². The van der Waals surface area contributed by atoms with Crippen LogP contribution in [-0.4, -0.2) is 21.7 Å². The number of nitrogens with zero attached hydrogens (tertiary/aromatic N) is 1. The largest absolute Gasteiger partial charge is 0.549 e. The number of imidazole rings is 1. The average Bonchev–Trinajstić information content (AvgIpc) is 2.69. The van der Waals surface area contributed by atoms with Crippen LogP contribution in [0, 0.1) is 0 Å². The van der Waals surface area contributed by atoms with Crippen LogP contribution >= 0.6 is 11.8 Å². The summed E-state index contributed by atoms with van der Waals surface area (Å²) in [6.07, 6.45) is 0. The van der Waals surface area contributed by atoms with E-state index in [1.807, 2.05) is 31.2 Å². The molecule has 0 aliphatic carbocycles. The number of aromatic amines is 1. The number of fused-ring (bicyclic) bond motifs is 1. The second-order valence-corrected chi connectivity index (χ2v) is 4.79. The lowest BCUT2D eigenvalue weighted by atomic mass is 10.3. The lowest BCUT2D eigenvalue weighted by Crippen LogP contribution is -2.24. The fourth-order valence-electron chi connectivity index (χ4n) is 1.44. The minimum atomic E-state index is -1.05. The van der Waals surface area contributed by atoms with E-state index < -0.39 is 5.97 Å². The Kier molecular flexibility index (Phi) is 3.14. The van der Waals surface area contributed by atoms with E-state index in [1.54, 1.807) is 0 Å². The number of carboxylic acids is 1. The summed E-state index contributed by atoms with van der Waals surface area (Å²) in [6, 6.07) is 7.72. The van der Waals surface area contributed by atoms with E-state index >= 15 is 0 Å². The quantitative estimate of drug-likeness (QED) is 0.861. The Morgan fingerprint density at radius 3 is 3.00 bits per heavy atom. The van der Waals surface area contributed by atoms with Gasteiger partial charge in [0.25, 0.3) is 0 Å². The van der Waals surface area contributed by atoms with E-state index in [2.05, 4.69) is 9.97 Å². The maximum Gasteiger partial charge on any atom is 0.120 e. The number of aliphatic carboxylic acids is 1. The Hall–Kier alpha value is -1.49. The molecule has 4 nitrogen and oxygen atoms in total. The first-order chi connectivity index (χ1) is 7.66. The molecule has 16 heavy (non-hydrogen) atoms. The molecular formula is C11H11N2O2S-. The Labute approximate surface area is 97.1 Å². The number of hydrogen-bond donors (Lipinski definition) is 1. The predicted molar refractivity (Wildman–Crippen MR) is 62.0 cm³/mol. The van der Waals surface area contributed by atoms with Crippen molar-refractivity contribution in [3.8, 4) is 0 Å². The summed E-state index contributed by atoms with van der Waals surface area (Å²) in [4.78, 5) is 17.9. The third-order valence-electron chi connectivity index (χ3n) is 2.24. The van der Waals surface area contributed by atoms with Gasteiger partial charge < -0.3 is 14.9 Å². The molecule has 2 aromatic rings. The number of H-pyrrole nitrogens is 1. The molecule has 0 unspecified atom stereocenters. The van der Waals surface area contributed by atoms with Crippen molar-refractivity contribution in [2.75, 3.05) is 5.75 Å². The minimum Gasteiger partial charge on any atom is -0.549 e. The maximum absolute atomic E-state index is 10.3. The fraction of sp³-hybridized carbons (Fsp3) is 0.273. The number of carbonyl (C=O) groups excluding carboxylic acids is 1. The molecule has 0 saturated carbocycles. The van der Waals surface area contributed by atoms with Crippen LogP contribution in [0.25, 0.3) is 11.0 Å². The number of thioether (sulfide) groups is 1. The highest BCUT2D eigenvalue weighted by Gasteiger charge is 2.10. The molecule has 1 atom stereocenters. The van der Waals surface area contributed by atoms with Gasteiger partial charge in [0, 0.05) is 5.75 Å². The third kappa shape index (κ3) is 2.36. The van der Waals surface area contributed by atoms with Crippen LogP contribution in [0.1, 0.15) is 18.0 Å². The molecule has 1 aromatic carbocycles. The standard InChI is InChI=1S/C11H12N2O2S/c1-7(16-6-10(14)15)11-12-8-4-2-3-5-9(8)13-11/h2-5,7H,6H2,1H3,(H,12,13)(H,14,15)/p-1/t7-/m0/s1. The summed E-state index contributed by atoms with van der Waals surface area (Å²) in [5, 5.41) is 10.4. The molecule has 0 aliphatic rings. The van der Waals surface area contributed by atoms with Crippen molar-refractivity contribution in [2.45, 2.75) is 12.2 Å². The van der Waals surface area contributed by atoms with Gasteiger partial charge in [-0.25, -0.2) is 4.98 Å². The molecule has 1 N–H and O–H groups in total. The zero-order valence-corrected chi connectivity index (χ0v) is 9.58. The van der Waals surface area contributed by atoms with Crippen LogP contribution in [-0.2, 0) is 4.79 Å². The number of carbonyl (C=O) groups is 1. The molecule has 0 fully saturated rings. The molecule has 84 valence electrons. The van der Waals surface area contributed by atoms with Crippen LogP contribution < -0.4 is 5.11 Å². The predicted octanol–water partition coefficient (Wildman–Crippen LogP) is 1.11. The third-order valence-corrected chi connectivity index (χ3v) is 3.37. The molecule has 0 radical (unpaired) electrons. The number of para-hydroxylation sites is 2. The van der Waals surface area contributed by atoms with Gasteiger partial charge in [-0.2, -0.15) is 0 Å². The molecule has 0 amide bonds. The van der Waals surface area contributed by atoms with Gasteiger partial charge in [-0.3, -0.25) is 0 Å². The molecule has 0 aliphatic heterocycles.